The number of ether oxygens (including phenoxy) is 3. The van der Waals surface area contributed by atoms with Crippen molar-refractivity contribution < 1.29 is 28.6 Å². The molecule has 1 unspecified atom stereocenters. The van der Waals surface area contributed by atoms with Gasteiger partial charge in [0.15, 0.2) is 6.10 Å². The Kier molecular flexibility index (Phi) is 60.1. The van der Waals surface area contributed by atoms with Gasteiger partial charge in [-0.25, -0.2) is 0 Å². The van der Waals surface area contributed by atoms with Gasteiger partial charge in [0.05, 0.1) is 0 Å². The molecule has 0 aliphatic heterocycles. The summed E-state index contributed by atoms with van der Waals surface area (Å²) >= 11 is 0. The van der Waals surface area contributed by atoms with E-state index in [9.17, 15) is 14.4 Å². The lowest BCUT2D eigenvalue weighted by molar-refractivity contribution is -0.167. The minimum Gasteiger partial charge on any atom is -0.462 e. The maximum absolute atomic E-state index is 12.9. The molecule has 0 bridgehead atoms. The predicted octanol–water partition coefficient (Wildman–Crippen LogP) is 22.1. The summed E-state index contributed by atoms with van der Waals surface area (Å²) < 4.78 is 17.0. The molecule has 0 fully saturated rings. The molecule has 0 radical (unpaired) electrons. The zero-order chi connectivity index (χ0) is 52.2. The third-order valence-corrected chi connectivity index (χ3v) is 15.0. The highest BCUT2D eigenvalue weighted by Crippen LogP contribution is 2.18. The second-order valence-corrected chi connectivity index (χ2v) is 22.4. The van der Waals surface area contributed by atoms with E-state index in [1.807, 2.05) is 0 Å². The summed E-state index contributed by atoms with van der Waals surface area (Å²) in [6.45, 7) is 6.71. The van der Waals surface area contributed by atoms with Gasteiger partial charge in [0.25, 0.3) is 0 Å². The van der Waals surface area contributed by atoms with E-state index in [-0.39, 0.29) is 31.1 Å². The molecule has 426 valence electrons. The summed E-state index contributed by atoms with van der Waals surface area (Å²) in [6.07, 6.45) is 72.2. The number of rotatable bonds is 61. The molecular formula is C66H126O6. The summed E-state index contributed by atoms with van der Waals surface area (Å²) in [6, 6.07) is 0. The van der Waals surface area contributed by atoms with Crippen LogP contribution in [0.2, 0.25) is 0 Å². The van der Waals surface area contributed by atoms with Crippen molar-refractivity contribution in [2.75, 3.05) is 13.2 Å². The van der Waals surface area contributed by atoms with Crippen LogP contribution in [0.4, 0.5) is 0 Å². The molecular weight excluding hydrogens is 889 g/mol. The average molecular weight is 1020 g/mol. The number of unbranched alkanes of at least 4 members (excludes halogenated alkanes) is 48. The molecule has 0 aromatic carbocycles. The molecule has 0 aliphatic carbocycles. The van der Waals surface area contributed by atoms with Crippen LogP contribution in [0, 0.1) is 0 Å². The molecule has 1 atom stereocenters. The van der Waals surface area contributed by atoms with Gasteiger partial charge in [-0.3, -0.25) is 14.4 Å². The van der Waals surface area contributed by atoms with Gasteiger partial charge in [-0.1, -0.05) is 322 Å². The first-order chi connectivity index (χ1) is 35.5. The van der Waals surface area contributed by atoms with Gasteiger partial charge in [0.1, 0.15) is 13.2 Å². The SMILES string of the molecule is CCCCCCCC/C=C\CCCCCCCC(=O)OCC(COC(=O)CCCCCCCCCCCCCCCCCCCCCCCC)OC(=O)CCCCCCCCCCCCCCCCCCC. The van der Waals surface area contributed by atoms with Crippen LogP contribution in [-0.4, -0.2) is 37.2 Å². The van der Waals surface area contributed by atoms with Crippen LogP contribution in [0.1, 0.15) is 374 Å². The molecule has 0 aliphatic rings. The lowest BCUT2D eigenvalue weighted by atomic mass is 10.0. The summed E-state index contributed by atoms with van der Waals surface area (Å²) in [7, 11) is 0. The number of carbonyl (C=O) groups excluding carboxylic acids is 3. The van der Waals surface area contributed by atoms with E-state index in [0.717, 1.165) is 64.2 Å². The molecule has 0 N–H and O–H groups in total. The third-order valence-electron chi connectivity index (χ3n) is 15.0. The highest BCUT2D eigenvalue weighted by Gasteiger charge is 2.19. The van der Waals surface area contributed by atoms with Crippen molar-refractivity contribution >= 4 is 17.9 Å². The minimum absolute atomic E-state index is 0.0659. The lowest BCUT2D eigenvalue weighted by Gasteiger charge is -2.18. The molecule has 0 amide bonds. The van der Waals surface area contributed by atoms with Crippen LogP contribution in [-0.2, 0) is 28.6 Å². The number of hydrogen-bond donors (Lipinski definition) is 0. The second kappa shape index (κ2) is 61.7. The van der Waals surface area contributed by atoms with Crippen LogP contribution in [0.15, 0.2) is 12.2 Å². The molecule has 6 nitrogen and oxygen atoms in total. The Labute approximate surface area is 450 Å². The summed E-state index contributed by atoms with van der Waals surface area (Å²) in [4.78, 5) is 38.3. The van der Waals surface area contributed by atoms with Gasteiger partial charge < -0.3 is 14.2 Å². The van der Waals surface area contributed by atoms with Crippen molar-refractivity contribution in [3.63, 3.8) is 0 Å². The Morgan fingerprint density at radius 3 is 0.694 bits per heavy atom. The van der Waals surface area contributed by atoms with Gasteiger partial charge in [0, 0.05) is 19.3 Å². The van der Waals surface area contributed by atoms with Gasteiger partial charge in [-0.05, 0) is 44.9 Å². The highest BCUT2D eigenvalue weighted by molar-refractivity contribution is 5.71. The maximum atomic E-state index is 12.9. The summed E-state index contributed by atoms with van der Waals surface area (Å²) in [5.74, 6) is -0.843. The molecule has 72 heavy (non-hydrogen) atoms. The van der Waals surface area contributed by atoms with E-state index in [1.165, 1.54) is 270 Å². The molecule has 0 rings (SSSR count). The zero-order valence-electron chi connectivity index (χ0n) is 49.0. The average Bonchev–Trinajstić information content (AvgIpc) is 3.38. The number of allylic oxidation sites excluding steroid dienone is 2. The largest absolute Gasteiger partial charge is 0.462 e. The second-order valence-electron chi connectivity index (χ2n) is 22.4. The van der Waals surface area contributed by atoms with Gasteiger partial charge in [0.2, 0.25) is 0 Å². The Morgan fingerprint density at radius 2 is 0.458 bits per heavy atom. The van der Waals surface area contributed by atoms with Crippen LogP contribution < -0.4 is 0 Å². The zero-order valence-corrected chi connectivity index (χ0v) is 49.0. The summed E-state index contributed by atoms with van der Waals surface area (Å²) in [5.41, 5.74) is 0. The minimum atomic E-state index is -0.769. The Balaban J connectivity index is 4.27. The van der Waals surface area contributed by atoms with Crippen molar-refractivity contribution in [2.45, 2.75) is 380 Å². The molecule has 6 heteroatoms. The first kappa shape index (κ1) is 70.1. The number of esters is 3. The smallest absolute Gasteiger partial charge is 0.306 e. The standard InChI is InChI=1S/C66H126O6/c1-4-7-10-13-16-19-22-25-28-30-31-32-33-34-36-38-41-44-47-50-53-56-59-65(68)71-62-63(61-70-64(67)58-55-52-49-46-43-40-37-27-24-21-18-15-12-9-6-3)72-66(69)60-57-54-51-48-45-42-39-35-29-26-23-20-17-14-11-8-5-2/h27,37,63H,4-26,28-36,38-62H2,1-3H3/b37-27-. The fraction of sp³-hybridized carbons (Fsp3) is 0.924. The van der Waals surface area contributed by atoms with Crippen molar-refractivity contribution in [1.82, 2.24) is 0 Å². The van der Waals surface area contributed by atoms with Crippen molar-refractivity contribution in [3.05, 3.63) is 12.2 Å². The van der Waals surface area contributed by atoms with E-state index >= 15 is 0 Å². The van der Waals surface area contributed by atoms with Crippen LogP contribution in [0.25, 0.3) is 0 Å². The van der Waals surface area contributed by atoms with E-state index in [4.69, 9.17) is 14.2 Å². The number of carbonyl (C=O) groups is 3. The molecule has 0 aromatic heterocycles. The van der Waals surface area contributed by atoms with Crippen LogP contribution >= 0.6 is 0 Å². The Bertz CT molecular complexity index is 1120. The molecule has 0 aromatic rings. The van der Waals surface area contributed by atoms with Gasteiger partial charge in [-0.2, -0.15) is 0 Å². The molecule has 0 saturated heterocycles. The van der Waals surface area contributed by atoms with E-state index < -0.39 is 6.10 Å². The van der Waals surface area contributed by atoms with Crippen molar-refractivity contribution in [3.8, 4) is 0 Å². The van der Waals surface area contributed by atoms with E-state index in [1.54, 1.807) is 0 Å². The fourth-order valence-corrected chi connectivity index (χ4v) is 10.1. The van der Waals surface area contributed by atoms with Gasteiger partial charge >= 0.3 is 17.9 Å². The Hall–Kier alpha value is -1.85. The van der Waals surface area contributed by atoms with Crippen LogP contribution in [0.3, 0.4) is 0 Å². The predicted molar refractivity (Wildman–Crippen MR) is 312 cm³/mol. The first-order valence-electron chi connectivity index (χ1n) is 32.7. The topological polar surface area (TPSA) is 78.9 Å². The fourth-order valence-electron chi connectivity index (χ4n) is 10.1. The number of hydrogen-bond acceptors (Lipinski definition) is 6. The normalized spacial score (nSPS) is 12.0. The van der Waals surface area contributed by atoms with Crippen molar-refractivity contribution in [1.29, 1.82) is 0 Å². The quantitative estimate of drug-likeness (QED) is 0.0261. The third kappa shape index (κ3) is 59.0. The lowest BCUT2D eigenvalue weighted by Crippen LogP contribution is -2.30. The molecule has 0 saturated carbocycles. The molecule has 0 spiro atoms. The first-order valence-corrected chi connectivity index (χ1v) is 32.7. The summed E-state index contributed by atoms with van der Waals surface area (Å²) in [5, 5.41) is 0. The molecule has 0 heterocycles. The maximum Gasteiger partial charge on any atom is 0.306 e. The van der Waals surface area contributed by atoms with E-state index in [2.05, 4.69) is 32.9 Å². The monoisotopic (exact) mass is 1010 g/mol. The van der Waals surface area contributed by atoms with E-state index in [0.29, 0.717) is 19.3 Å². The van der Waals surface area contributed by atoms with Crippen molar-refractivity contribution in [2.24, 2.45) is 0 Å². The highest BCUT2D eigenvalue weighted by atomic mass is 16.6. The van der Waals surface area contributed by atoms with Crippen LogP contribution in [0.5, 0.6) is 0 Å². The Morgan fingerprint density at radius 1 is 0.264 bits per heavy atom. The van der Waals surface area contributed by atoms with Gasteiger partial charge in [-0.15, -0.1) is 0 Å².